The molecule has 2 unspecified atom stereocenters. The Labute approximate surface area is 88.1 Å². The standard InChI is InChI=1S/C9H17IO2/c1-8(6-10)7-12-9-4-2-3-5-11-9/h8-9H,2-7H2,1H3. The Morgan fingerprint density at radius 1 is 1.58 bits per heavy atom. The van der Waals surface area contributed by atoms with Gasteiger partial charge in [-0.1, -0.05) is 29.5 Å². The van der Waals surface area contributed by atoms with Crippen molar-refractivity contribution in [3.05, 3.63) is 0 Å². The van der Waals surface area contributed by atoms with E-state index >= 15 is 0 Å². The minimum atomic E-state index is 0.0872. The summed E-state index contributed by atoms with van der Waals surface area (Å²) in [5.41, 5.74) is 0. The van der Waals surface area contributed by atoms with Crippen LogP contribution in [0.1, 0.15) is 26.2 Å². The highest BCUT2D eigenvalue weighted by molar-refractivity contribution is 14.1. The molecule has 2 nitrogen and oxygen atoms in total. The van der Waals surface area contributed by atoms with E-state index in [2.05, 4.69) is 29.5 Å². The summed E-state index contributed by atoms with van der Waals surface area (Å²) in [6, 6.07) is 0. The molecule has 0 N–H and O–H groups in total. The van der Waals surface area contributed by atoms with E-state index in [-0.39, 0.29) is 6.29 Å². The number of hydrogen-bond acceptors (Lipinski definition) is 2. The van der Waals surface area contributed by atoms with E-state index in [0.29, 0.717) is 5.92 Å². The van der Waals surface area contributed by atoms with Gasteiger partial charge in [0.25, 0.3) is 0 Å². The summed E-state index contributed by atoms with van der Waals surface area (Å²) < 4.78 is 12.2. The van der Waals surface area contributed by atoms with Crippen LogP contribution in [0.4, 0.5) is 0 Å². The third-order valence-corrected chi connectivity index (χ3v) is 3.47. The van der Waals surface area contributed by atoms with Gasteiger partial charge in [-0.05, 0) is 25.2 Å². The van der Waals surface area contributed by atoms with Crippen molar-refractivity contribution in [2.24, 2.45) is 5.92 Å². The summed E-state index contributed by atoms with van der Waals surface area (Å²) >= 11 is 2.39. The van der Waals surface area contributed by atoms with Gasteiger partial charge in [0.1, 0.15) is 0 Å². The highest BCUT2D eigenvalue weighted by atomic mass is 127. The molecular formula is C9H17IO2. The van der Waals surface area contributed by atoms with Crippen molar-refractivity contribution in [2.45, 2.75) is 32.5 Å². The van der Waals surface area contributed by atoms with E-state index in [1.165, 1.54) is 12.8 Å². The van der Waals surface area contributed by atoms with Gasteiger partial charge in [0, 0.05) is 11.0 Å². The molecule has 0 amide bonds. The highest BCUT2D eigenvalue weighted by Crippen LogP contribution is 2.14. The van der Waals surface area contributed by atoms with Crippen molar-refractivity contribution in [1.82, 2.24) is 0 Å². The van der Waals surface area contributed by atoms with Crippen molar-refractivity contribution in [3.63, 3.8) is 0 Å². The zero-order chi connectivity index (χ0) is 8.81. The lowest BCUT2D eigenvalue weighted by atomic mass is 10.2. The average molecular weight is 284 g/mol. The zero-order valence-corrected chi connectivity index (χ0v) is 9.75. The molecular weight excluding hydrogens is 267 g/mol. The molecule has 1 saturated heterocycles. The van der Waals surface area contributed by atoms with Crippen molar-refractivity contribution in [2.75, 3.05) is 17.6 Å². The monoisotopic (exact) mass is 284 g/mol. The van der Waals surface area contributed by atoms with Gasteiger partial charge < -0.3 is 9.47 Å². The summed E-state index contributed by atoms with van der Waals surface area (Å²) in [5, 5.41) is 0. The van der Waals surface area contributed by atoms with Crippen LogP contribution in [-0.2, 0) is 9.47 Å². The normalized spacial score (nSPS) is 27.0. The fourth-order valence-corrected chi connectivity index (χ4v) is 1.41. The Kier molecular flexibility index (Phi) is 5.50. The van der Waals surface area contributed by atoms with Crippen molar-refractivity contribution >= 4 is 22.6 Å². The number of rotatable bonds is 4. The molecule has 0 aromatic rings. The summed E-state index contributed by atoms with van der Waals surface area (Å²) in [6.07, 6.45) is 3.61. The number of halogens is 1. The molecule has 12 heavy (non-hydrogen) atoms. The van der Waals surface area contributed by atoms with Crippen molar-refractivity contribution < 1.29 is 9.47 Å². The molecule has 0 saturated carbocycles. The summed E-state index contributed by atoms with van der Waals surface area (Å²) in [5.74, 6) is 0.649. The minimum absolute atomic E-state index is 0.0872. The molecule has 0 aliphatic carbocycles. The predicted molar refractivity (Wildman–Crippen MR) is 57.6 cm³/mol. The fourth-order valence-electron chi connectivity index (χ4n) is 1.16. The van der Waals surface area contributed by atoms with E-state index in [4.69, 9.17) is 9.47 Å². The van der Waals surface area contributed by atoms with Gasteiger partial charge in [0.05, 0.1) is 6.61 Å². The molecule has 3 heteroatoms. The van der Waals surface area contributed by atoms with E-state index in [1.54, 1.807) is 0 Å². The zero-order valence-electron chi connectivity index (χ0n) is 7.59. The first kappa shape index (κ1) is 10.7. The molecule has 1 rings (SSSR count). The van der Waals surface area contributed by atoms with Crippen LogP contribution in [0.2, 0.25) is 0 Å². The van der Waals surface area contributed by atoms with Gasteiger partial charge in [-0.25, -0.2) is 0 Å². The van der Waals surface area contributed by atoms with Gasteiger partial charge >= 0.3 is 0 Å². The summed E-state index contributed by atoms with van der Waals surface area (Å²) in [4.78, 5) is 0. The molecule has 0 bridgehead atoms. The maximum absolute atomic E-state index is 5.61. The molecule has 1 heterocycles. The van der Waals surface area contributed by atoms with Gasteiger partial charge in [0.15, 0.2) is 6.29 Å². The maximum Gasteiger partial charge on any atom is 0.157 e. The van der Waals surface area contributed by atoms with Crippen molar-refractivity contribution in [1.29, 1.82) is 0 Å². The van der Waals surface area contributed by atoms with Crippen LogP contribution in [0.5, 0.6) is 0 Å². The molecule has 2 atom stereocenters. The maximum atomic E-state index is 5.61. The highest BCUT2D eigenvalue weighted by Gasteiger charge is 2.14. The number of alkyl halides is 1. The fraction of sp³-hybridized carbons (Fsp3) is 1.00. The molecule has 0 aromatic heterocycles. The van der Waals surface area contributed by atoms with Crippen LogP contribution < -0.4 is 0 Å². The average Bonchev–Trinajstić information content (AvgIpc) is 2.16. The molecule has 0 spiro atoms. The first-order valence-electron chi connectivity index (χ1n) is 4.62. The Morgan fingerprint density at radius 3 is 3.00 bits per heavy atom. The molecule has 1 aliphatic heterocycles. The third-order valence-electron chi connectivity index (χ3n) is 1.97. The lowest BCUT2D eigenvalue weighted by molar-refractivity contribution is -0.166. The first-order chi connectivity index (χ1) is 5.83. The summed E-state index contributed by atoms with van der Waals surface area (Å²) in [7, 11) is 0. The lowest BCUT2D eigenvalue weighted by Gasteiger charge is -2.23. The number of hydrogen-bond donors (Lipinski definition) is 0. The molecule has 0 aromatic carbocycles. The number of ether oxygens (including phenoxy) is 2. The van der Waals surface area contributed by atoms with Gasteiger partial charge in [-0.2, -0.15) is 0 Å². The molecule has 1 aliphatic rings. The van der Waals surface area contributed by atoms with Crippen LogP contribution in [0.25, 0.3) is 0 Å². The predicted octanol–water partition coefficient (Wildman–Crippen LogP) is 2.60. The topological polar surface area (TPSA) is 18.5 Å². The van der Waals surface area contributed by atoms with E-state index in [9.17, 15) is 0 Å². The second-order valence-corrected chi connectivity index (χ2v) is 4.27. The van der Waals surface area contributed by atoms with Crippen LogP contribution >= 0.6 is 22.6 Å². The molecule has 1 fully saturated rings. The first-order valence-corrected chi connectivity index (χ1v) is 6.14. The Balaban J connectivity index is 2.05. The van der Waals surface area contributed by atoms with E-state index in [0.717, 1.165) is 24.1 Å². The van der Waals surface area contributed by atoms with Crippen molar-refractivity contribution in [3.8, 4) is 0 Å². The second kappa shape index (κ2) is 6.16. The third kappa shape index (κ3) is 4.05. The Bertz CT molecular complexity index is 113. The SMILES string of the molecule is CC(CI)COC1CCCCO1. The quantitative estimate of drug-likeness (QED) is 0.583. The summed E-state index contributed by atoms with van der Waals surface area (Å²) in [6.45, 7) is 3.92. The molecule has 0 radical (unpaired) electrons. The van der Waals surface area contributed by atoms with Gasteiger partial charge in [0.2, 0.25) is 0 Å². The molecule has 72 valence electrons. The van der Waals surface area contributed by atoms with Gasteiger partial charge in [-0.15, -0.1) is 0 Å². The van der Waals surface area contributed by atoms with Crippen LogP contribution in [0.15, 0.2) is 0 Å². The Morgan fingerprint density at radius 2 is 2.42 bits per heavy atom. The van der Waals surface area contributed by atoms with Crippen LogP contribution in [0.3, 0.4) is 0 Å². The largest absolute Gasteiger partial charge is 0.353 e. The van der Waals surface area contributed by atoms with Crippen LogP contribution in [0, 0.1) is 5.92 Å². The Hall–Kier alpha value is 0.650. The van der Waals surface area contributed by atoms with E-state index < -0.39 is 0 Å². The second-order valence-electron chi connectivity index (χ2n) is 3.39. The van der Waals surface area contributed by atoms with Gasteiger partial charge in [-0.3, -0.25) is 0 Å². The van der Waals surface area contributed by atoms with Crippen LogP contribution in [-0.4, -0.2) is 23.9 Å². The lowest BCUT2D eigenvalue weighted by Crippen LogP contribution is -2.24. The minimum Gasteiger partial charge on any atom is -0.353 e. The van der Waals surface area contributed by atoms with E-state index in [1.807, 2.05) is 0 Å². The smallest absolute Gasteiger partial charge is 0.157 e.